The first-order valence-electron chi connectivity index (χ1n) is 5.44. The predicted molar refractivity (Wildman–Crippen MR) is 65.0 cm³/mol. The maximum absolute atomic E-state index is 6.00. The SMILES string of the molecule is ClCC1COC2(CCSc3ccccc32)O1. The van der Waals surface area contributed by atoms with Crippen molar-refractivity contribution in [3.8, 4) is 0 Å². The molecule has 0 saturated carbocycles. The molecule has 1 fully saturated rings. The van der Waals surface area contributed by atoms with Gasteiger partial charge in [0.05, 0.1) is 18.6 Å². The van der Waals surface area contributed by atoms with Gasteiger partial charge in [0.1, 0.15) is 0 Å². The minimum atomic E-state index is -0.526. The molecule has 1 spiro atoms. The quantitative estimate of drug-likeness (QED) is 0.720. The Kier molecular flexibility index (Phi) is 2.88. The fourth-order valence-electron chi connectivity index (χ4n) is 2.25. The predicted octanol–water partition coefficient (Wildman–Crippen LogP) is 2.99. The first-order valence-corrected chi connectivity index (χ1v) is 6.96. The van der Waals surface area contributed by atoms with E-state index in [0.717, 1.165) is 12.2 Å². The molecular formula is C12H13ClO2S. The van der Waals surface area contributed by atoms with E-state index in [9.17, 15) is 0 Å². The molecule has 0 aliphatic carbocycles. The summed E-state index contributed by atoms with van der Waals surface area (Å²) in [5.41, 5.74) is 1.17. The van der Waals surface area contributed by atoms with Crippen molar-refractivity contribution in [2.24, 2.45) is 0 Å². The van der Waals surface area contributed by atoms with Gasteiger partial charge in [0.25, 0.3) is 0 Å². The Morgan fingerprint density at radius 2 is 2.31 bits per heavy atom. The summed E-state index contributed by atoms with van der Waals surface area (Å²) in [6, 6.07) is 8.31. The molecule has 0 bridgehead atoms. The van der Waals surface area contributed by atoms with E-state index in [1.54, 1.807) is 0 Å². The first kappa shape index (κ1) is 10.9. The molecule has 3 rings (SSSR count). The van der Waals surface area contributed by atoms with Crippen LogP contribution in [0.5, 0.6) is 0 Å². The highest BCUT2D eigenvalue weighted by molar-refractivity contribution is 7.99. The number of hydrogen-bond acceptors (Lipinski definition) is 3. The maximum atomic E-state index is 6.00. The summed E-state index contributed by atoms with van der Waals surface area (Å²) < 4.78 is 11.9. The number of halogens is 1. The molecule has 2 unspecified atom stereocenters. The van der Waals surface area contributed by atoms with Gasteiger partial charge in [-0.1, -0.05) is 18.2 Å². The summed E-state index contributed by atoms with van der Waals surface area (Å²) in [6.07, 6.45) is 0.931. The molecule has 2 nitrogen and oxygen atoms in total. The van der Waals surface area contributed by atoms with Crippen LogP contribution in [0.3, 0.4) is 0 Å². The molecule has 86 valence electrons. The molecule has 4 heteroatoms. The maximum Gasteiger partial charge on any atom is 0.197 e. The van der Waals surface area contributed by atoms with Crippen LogP contribution < -0.4 is 0 Å². The molecule has 0 radical (unpaired) electrons. The van der Waals surface area contributed by atoms with Crippen molar-refractivity contribution in [3.05, 3.63) is 29.8 Å². The fraction of sp³-hybridized carbons (Fsp3) is 0.500. The van der Waals surface area contributed by atoms with Crippen LogP contribution in [0.1, 0.15) is 12.0 Å². The summed E-state index contributed by atoms with van der Waals surface area (Å²) in [7, 11) is 0. The van der Waals surface area contributed by atoms with Gasteiger partial charge in [-0.05, 0) is 6.07 Å². The zero-order chi connectivity index (χ0) is 11.0. The van der Waals surface area contributed by atoms with Crippen LogP contribution in [-0.4, -0.2) is 24.3 Å². The highest BCUT2D eigenvalue weighted by Crippen LogP contribution is 2.46. The Morgan fingerprint density at radius 3 is 3.12 bits per heavy atom. The normalized spacial score (nSPS) is 32.9. The van der Waals surface area contributed by atoms with Crippen LogP contribution in [0.15, 0.2) is 29.2 Å². The molecule has 1 aromatic carbocycles. The highest BCUT2D eigenvalue weighted by Gasteiger charge is 2.45. The van der Waals surface area contributed by atoms with Gasteiger partial charge in [-0.2, -0.15) is 0 Å². The number of rotatable bonds is 1. The average molecular weight is 257 g/mol. The Balaban J connectivity index is 1.98. The summed E-state index contributed by atoms with van der Waals surface area (Å²) in [6.45, 7) is 0.600. The zero-order valence-corrected chi connectivity index (χ0v) is 10.4. The molecule has 1 aromatic rings. The Bertz CT molecular complexity index is 398. The number of fused-ring (bicyclic) bond motifs is 2. The van der Waals surface area contributed by atoms with Crippen molar-refractivity contribution in [1.82, 2.24) is 0 Å². The molecular weight excluding hydrogens is 244 g/mol. The van der Waals surface area contributed by atoms with Gasteiger partial charge in [-0.15, -0.1) is 23.4 Å². The van der Waals surface area contributed by atoms with Gasteiger partial charge in [-0.3, -0.25) is 0 Å². The van der Waals surface area contributed by atoms with E-state index in [4.69, 9.17) is 21.1 Å². The molecule has 16 heavy (non-hydrogen) atoms. The van der Waals surface area contributed by atoms with E-state index in [1.165, 1.54) is 10.5 Å². The first-order chi connectivity index (χ1) is 7.84. The smallest absolute Gasteiger partial charge is 0.197 e. The Hall–Kier alpha value is -0.220. The third kappa shape index (κ3) is 1.66. The monoisotopic (exact) mass is 256 g/mol. The van der Waals surface area contributed by atoms with Gasteiger partial charge < -0.3 is 9.47 Å². The molecule has 0 amide bonds. The average Bonchev–Trinajstić information content (AvgIpc) is 2.74. The van der Waals surface area contributed by atoms with E-state index in [1.807, 2.05) is 17.8 Å². The molecule has 2 atom stereocenters. The van der Waals surface area contributed by atoms with Gasteiger partial charge >= 0.3 is 0 Å². The lowest BCUT2D eigenvalue weighted by Crippen LogP contribution is -2.32. The summed E-state index contributed by atoms with van der Waals surface area (Å²) in [5, 5.41) is 0. The topological polar surface area (TPSA) is 18.5 Å². The third-order valence-electron chi connectivity index (χ3n) is 3.02. The van der Waals surface area contributed by atoms with Crippen LogP contribution in [0.4, 0.5) is 0 Å². The van der Waals surface area contributed by atoms with E-state index in [0.29, 0.717) is 12.5 Å². The Labute approximate surface area is 104 Å². The Morgan fingerprint density at radius 1 is 1.44 bits per heavy atom. The van der Waals surface area contributed by atoms with Crippen molar-refractivity contribution in [3.63, 3.8) is 0 Å². The minimum Gasteiger partial charge on any atom is -0.343 e. The third-order valence-corrected chi connectivity index (χ3v) is 4.44. The van der Waals surface area contributed by atoms with Crippen molar-refractivity contribution in [2.75, 3.05) is 18.2 Å². The lowest BCUT2D eigenvalue weighted by molar-refractivity contribution is -0.178. The van der Waals surface area contributed by atoms with Gasteiger partial charge in [0.2, 0.25) is 0 Å². The summed E-state index contributed by atoms with van der Waals surface area (Å²) >= 11 is 7.69. The number of thioether (sulfide) groups is 1. The lowest BCUT2D eigenvalue weighted by Gasteiger charge is -2.33. The molecule has 2 aliphatic heterocycles. The molecule has 0 N–H and O–H groups in total. The number of hydrogen-bond donors (Lipinski definition) is 0. The van der Waals surface area contributed by atoms with E-state index >= 15 is 0 Å². The van der Waals surface area contributed by atoms with Crippen molar-refractivity contribution < 1.29 is 9.47 Å². The van der Waals surface area contributed by atoms with Crippen molar-refractivity contribution in [2.45, 2.75) is 23.2 Å². The standard InChI is InChI=1S/C12H13ClO2S/c13-7-9-8-14-12(15-9)5-6-16-11-4-2-1-3-10(11)12/h1-4,9H,5-8H2. The van der Waals surface area contributed by atoms with Crippen LogP contribution >= 0.6 is 23.4 Å². The van der Waals surface area contributed by atoms with Crippen LogP contribution in [0, 0.1) is 0 Å². The summed E-state index contributed by atoms with van der Waals surface area (Å²) in [4.78, 5) is 1.27. The number of ether oxygens (including phenoxy) is 2. The van der Waals surface area contributed by atoms with Crippen LogP contribution in [0.2, 0.25) is 0 Å². The highest BCUT2D eigenvalue weighted by atomic mass is 35.5. The van der Waals surface area contributed by atoms with Crippen molar-refractivity contribution in [1.29, 1.82) is 0 Å². The van der Waals surface area contributed by atoms with E-state index in [-0.39, 0.29) is 6.10 Å². The van der Waals surface area contributed by atoms with Gasteiger partial charge in [0, 0.05) is 22.6 Å². The molecule has 1 saturated heterocycles. The molecule has 2 aliphatic rings. The second-order valence-electron chi connectivity index (χ2n) is 4.05. The van der Waals surface area contributed by atoms with E-state index in [2.05, 4.69) is 18.2 Å². The minimum absolute atomic E-state index is 0.0258. The zero-order valence-electron chi connectivity index (χ0n) is 8.82. The lowest BCUT2D eigenvalue weighted by atomic mass is 10.0. The second-order valence-corrected chi connectivity index (χ2v) is 5.50. The van der Waals surface area contributed by atoms with Gasteiger partial charge in [-0.25, -0.2) is 0 Å². The van der Waals surface area contributed by atoms with Crippen LogP contribution in [-0.2, 0) is 15.3 Å². The fourth-order valence-corrected chi connectivity index (χ4v) is 3.55. The van der Waals surface area contributed by atoms with E-state index < -0.39 is 5.79 Å². The second kappa shape index (κ2) is 4.22. The largest absolute Gasteiger partial charge is 0.343 e. The van der Waals surface area contributed by atoms with Gasteiger partial charge in [0.15, 0.2) is 5.79 Å². The molecule has 2 heterocycles. The van der Waals surface area contributed by atoms with Crippen LogP contribution in [0.25, 0.3) is 0 Å². The summed E-state index contributed by atoms with van der Waals surface area (Å²) in [5.74, 6) is 1.00. The molecule has 0 aromatic heterocycles. The number of alkyl halides is 1. The number of benzene rings is 1. The van der Waals surface area contributed by atoms with Crippen molar-refractivity contribution >= 4 is 23.4 Å².